The molecule has 6 nitrogen and oxygen atoms in total. The molecule has 3 atom stereocenters. The van der Waals surface area contributed by atoms with Gasteiger partial charge in [0.2, 0.25) is 0 Å². The summed E-state index contributed by atoms with van der Waals surface area (Å²) in [6.45, 7) is 1.85. The number of rotatable bonds is 4. The fraction of sp³-hybridized carbons (Fsp3) is 0.474. The highest BCUT2D eigenvalue weighted by molar-refractivity contribution is 5.75. The Labute approximate surface area is 148 Å². The number of piperidine rings is 1. The fourth-order valence-corrected chi connectivity index (χ4v) is 3.80. The second-order valence-electron chi connectivity index (χ2n) is 7.08. The van der Waals surface area contributed by atoms with Crippen LogP contribution in [0.25, 0.3) is 0 Å². The van der Waals surface area contributed by atoms with E-state index in [1.54, 1.807) is 0 Å². The molecule has 2 aliphatic rings. The van der Waals surface area contributed by atoms with E-state index in [4.69, 9.17) is 0 Å². The Balaban J connectivity index is 1.28. The van der Waals surface area contributed by atoms with Crippen molar-refractivity contribution in [2.75, 3.05) is 18.0 Å². The van der Waals surface area contributed by atoms with E-state index >= 15 is 0 Å². The van der Waals surface area contributed by atoms with E-state index in [-0.39, 0.29) is 18.1 Å². The molecule has 2 heterocycles. The quantitative estimate of drug-likeness (QED) is 0.898. The Morgan fingerprint density at radius 2 is 2.04 bits per heavy atom. The number of nitrogens with one attached hydrogen (secondary N) is 2. The van der Waals surface area contributed by atoms with Crippen LogP contribution in [0.5, 0.6) is 0 Å². The van der Waals surface area contributed by atoms with Crippen molar-refractivity contribution in [3.63, 3.8) is 0 Å². The molecule has 0 radical (unpaired) electrons. The van der Waals surface area contributed by atoms with E-state index in [9.17, 15) is 4.79 Å². The second-order valence-corrected chi connectivity index (χ2v) is 7.08. The van der Waals surface area contributed by atoms with E-state index < -0.39 is 0 Å². The average molecular weight is 339 g/mol. The number of aromatic nitrogens is 2. The number of carbonyl (C=O) groups is 1. The topological polar surface area (TPSA) is 62.2 Å². The van der Waals surface area contributed by atoms with E-state index in [2.05, 4.69) is 44.9 Å². The van der Waals surface area contributed by atoms with Crippen LogP contribution in [0.4, 0.5) is 10.6 Å². The number of anilines is 1. The molecule has 4 rings (SSSR count). The monoisotopic (exact) mass is 339 g/mol. The second kappa shape index (κ2) is 6.78. The summed E-state index contributed by atoms with van der Waals surface area (Å²) in [5, 5.41) is 10.5. The first-order valence-corrected chi connectivity index (χ1v) is 9.05. The third kappa shape index (κ3) is 3.62. The van der Waals surface area contributed by atoms with E-state index in [1.165, 1.54) is 5.56 Å². The molecule has 1 aromatic heterocycles. The van der Waals surface area contributed by atoms with Gasteiger partial charge in [-0.15, -0.1) is 0 Å². The van der Waals surface area contributed by atoms with Crippen LogP contribution in [0, 0.1) is 0 Å². The summed E-state index contributed by atoms with van der Waals surface area (Å²) >= 11 is 0. The largest absolute Gasteiger partial charge is 0.355 e. The number of hydrogen-bond donors (Lipinski definition) is 2. The number of amides is 2. The van der Waals surface area contributed by atoms with Crippen molar-refractivity contribution in [2.24, 2.45) is 7.05 Å². The minimum atomic E-state index is -0.0414. The van der Waals surface area contributed by atoms with E-state index in [1.807, 2.05) is 30.1 Å². The van der Waals surface area contributed by atoms with Crippen LogP contribution >= 0.6 is 0 Å². The summed E-state index contributed by atoms with van der Waals surface area (Å²) in [6.07, 6.45) is 4.94. The first-order chi connectivity index (χ1) is 12.2. The molecule has 1 aromatic carbocycles. The average Bonchev–Trinajstić information content (AvgIpc) is 3.25. The molecule has 2 amide bonds. The summed E-state index contributed by atoms with van der Waals surface area (Å²) < 4.78 is 1.89. The molecule has 2 fully saturated rings. The zero-order chi connectivity index (χ0) is 17.2. The molecule has 132 valence electrons. The van der Waals surface area contributed by atoms with Gasteiger partial charge in [0.15, 0.2) is 0 Å². The Hall–Kier alpha value is -2.50. The van der Waals surface area contributed by atoms with Crippen molar-refractivity contribution >= 4 is 11.8 Å². The standard InChI is InChI=1S/C19H25N5O/c1-23-18(9-10-20-23)24-11-5-8-15(13-24)21-19(25)22-17-12-16(17)14-6-3-2-4-7-14/h2-4,6-7,9-10,15-17H,5,8,11-13H2,1H3,(H2,21,22,25)/t15-,16+,17-/m1/s1. The summed E-state index contributed by atoms with van der Waals surface area (Å²) in [7, 11) is 1.95. The summed E-state index contributed by atoms with van der Waals surface area (Å²) in [4.78, 5) is 14.6. The van der Waals surface area contributed by atoms with Crippen molar-refractivity contribution < 1.29 is 4.79 Å². The molecule has 0 unspecified atom stereocenters. The number of urea groups is 1. The van der Waals surface area contributed by atoms with Gasteiger partial charge in [-0.05, 0) is 24.8 Å². The maximum atomic E-state index is 12.3. The third-order valence-electron chi connectivity index (χ3n) is 5.21. The first-order valence-electron chi connectivity index (χ1n) is 9.05. The molecule has 1 saturated heterocycles. The van der Waals surface area contributed by atoms with Crippen LogP contribution in [-0.4, -0.2) is 41.0 Å². The number of hydrogen-bond acceptors (Lipinski definition) is 3. The van der Waals surface area contributed by atoms with Crippen LogP contribution in [0.1, 0.15) is 30.7 Å². The van der Waals surface area contributed by atoms with Crippen LogP contribution in [0.15, 0.2) is 42.6 Å². The maximum absolute atomic E-state index is 12.3. The lowest BCUT2D eigenvalue weighted by atomic mass is 10.1. The van der Waals surface area contributed by atoms with Crippen molar-refractivity contribution in [1.29, 1.82) is 0 Å². The van der Waals surface area contributed by atoms with E-state index in [0.717, 1.165) is 38.2 Å². The van der Waals surface area contributed by atoms with Gasteiger partial charge in [-0.25, -0.2) is 4.79 Å². The number of carbonyl (C=O) groups excluding carboxylic acids is 1. The number of nitrogens with zero attached hydrogens (tertiary/aromatic N) is 3. The maximum Gasteiger partial charge on any atom is 0.315 e. The van der Waals surface area contributed by atoms with Crippen molar-refractivity contribution in [2.45, 2.75) is 37.3 Å². The Kier molecular flexibility index (Phi) is 4.34. The highest BCUT2D eigenvalue weighted by atomic mass is 16.2. The lowest BCUT2D eigenvalue weighted by Gasteiger charge is -2.34. The molecular weight excluding hydrogens is 314 g/mol. The summed E-state index contributed by atoms with van der Waals surface area (Å²) in [5.74, 6) is 1.57. The van der Waals surface area contributed by atoms with Crippen molar-refractivity contribution in [3.05, 3.63) is 48.2 Å². The first kappa shape index (κ1) is 16.0. The third-order valence-corrected chi connectivity index (χ3v) is 5.21. The predicted molar refractivity (Wildman–Crippen MR) is 97.7 cm³/mol. The molecule has 6 heteroatoms. The minimum Gasteiger partial charge on any atom is -0.355 e. The highest BCUT2D eigenvalue weighted by Gasteiger charge is 2.39. The molecule has 2 N–H and O–H groups in total. The lowest BCUT2D eigenvalue weighted by Crippen LogP contribution is -2.51. The van der Waals surface area contributed by atoms with Crippen LogP contribution in [0.2, 0.25) is 0 Å². The van der Waals surface area contributed by atoms with Gasteiger partial charge in [0.05, 0.1) is 6.20 Å². The molecule has 1 aliphatic heterocycles. The predicted octanol–water partition coefficient (Wildman–Crippen LogP) is 2.24. The molecule has 25 heavy (non-hydrogen) atoms. The lowest BCUT2D eigenvalue weighted by molar-refractivity contribution is 0.234. The SMILES string of the molecule is Cn1nccc1N1CCC[C@@H](NC(=O)N[C@@H]2C[C@H]2c2ccccc2)C1. The molecule has 0 spiro atoms. The molecule has 0 bridgehead atoms. The molecule has 2 aromatic rings. The molecular formula is C19H25N5O. The van der Waals surface area contributed by atoms with Gasteiger partial charge in [-0.3, -0.25) is 4.68 Å². The van der Waals surface area contributed by atoms with Crippen LogP contribution in [0.3, 0.4) is 0 Å². The van der Waals surface area contributed by atoms with Gasteiger partial charge in [0, 0.05) is 44.2 Å². The van der Waals surface area contributed by atoms with Gasteiger partial charge >= 0.3 is 6.03 Å². The Morgan fingerprint density at radius 3 is 2.80 bits per heavy atom. The number of benzene rings is 1. The van der Waals surface area contributed by atoms with Gasteiger partial charge in [-0.2, -0.15) is 5.10 Å². The zero-order valence-corrected chi connectivity index (χ0v) is 14.6. The zero-order valence-electron chi connectivity index (χ0n) is 14.6. The minimum absolute atomic E-state index is 0.0414. The van der Waals surface area contributed by atoms with Crippen molar-refractivity contribution in [1.82, 2.24) is 20.4 Å². The normalized spacial score (nSPS) is 25.5. The van der Waals surface area contributed by atoms with Crippen LogP contribution in [-0.2, 0) is 7.05 Å². The van der Waals surface area contributed by atoms with Gasteiger partial charge in [-0.1, -0.05) is 30.3 Å². The Bertz CT molecular complexity index is 728. The fourth-order valence-electron chi connectivity index (χ4n) is 3.80. The molecule has 1 saturated carbocycles. The summed E-state index contributed by atoms with van der Waals surface area (Å²) in [5.41, 5.74) is 1.31. The summed E-state index contributed by atoms with van der Waals surface area (Å²) in [6, 6.07) is 12.8. The molecule has 1 aliphatic carbocycles. The van der Waals surface area contributed by atoms with Gasteiger partial charge < -0.3 is 15.5 Å². The Morgan fingerprint density at radius 1 is 1.20 bits per heavy atom. The van der Waals surface area contributed by atoms with Crippen molar-refractivity contribution in [3.8, 4) is 0 Å². The van der Waals surface area contributed by atoms with Gasteiger partial charge in [0.25, 0.3) is 0 Å². The van der Waals surface area contributed by atoms with Crippen LogP contribution < -0.4 is 15.5 Å². The highest BCUT2D eigenvalue weighted by Crippen LogP contribution is 2.40. The smallest absolute Gasteiger partial charge is 0.315 e. The van der Waals surface area contributed by atoms with E-state index in [0.29, 0.717) is 5.92 Å². The number of aryl methyl sites for hydroxylation is 1. The van der Waals surface area contributed by atoms with Gasteiger partial charge in [0.1, 0.15) is 5.82 Å².